The van der Waals surface area contributed by atoms with E-state index in [1.165, 1.54) is 4.57 Å². The summed E-state index contributed by atoms with van der Waals surface area (Å²) < 4.78 is 1.33. The predicted octanol–water partition coefficient (Wildman–Crippen LogP) is -2.39. The first-order chi connectivity index (χ1) is 11.3. The number of aliphatic carboxylic acids is 1. The zero-order chi connectivity index (χ0) is 18.3. The average molecular weight is 345 g/mol. The molecule has 12 heteroatoms. The van der Waals surface area contributed by atoms with E-state index in [4.69, 9.17) is 10.2 Å². The van der Waals surface area contributed by atoms with E-state index in [1.807, 2.05) is 0 Å². The lowest BCUT2D eigenvalue weighted by atomic mass is 10.2. The Labute approximate surface area is 136 Å². The highest BCUT2D eigenvalue weighted by atomic mass is 16.6. The fraction of sp³-hybridized carbons (Fsp3) is 0.583. The van der Waals surface area contributed by atoms with Gasteiger partial charge in [0.05, 0.1) is 13.2 Å². The molecular formula is C12H19N5O7. The summed E-state index contributed by atoms with van der Waals surface area (Å²) in [6.45, 7) is 0.387. The Kier molecular flexibility index (Phi) is 7.23. The molecule has 0 aliphatic heterocycles. The second kappa shape index (κ2) is 8.90. The number of rotatable bonds is 10. The van der Waals surface area contributed by atoms with E-state index in [-0.39, 0.29) is 18.9 Å². The first kappa shape index (κ1) is 19.5. The van der Waals surface area contributed by atoms with E-state index in [1.54, 1.807) is 6.92 Å². The topological polar surface area (TPSA) is 180 Å². The van der Waals surface area contributed by atoms with E-state index < -0.39 is 42.1 Å². The predicted molar refractivity (Wildman–Crippen MR) is 79.1 cm³/mol. The molecule has 5 N–H and O–H groups in total. The minimum atomic E-state index is -1.48. The van der Waals surface area contributed by atoms with Crippen LogP contribution in [0.3, 0.4) is 0 Å². The highest BCUT2D eigenvalue weighted by Crippen LogP contribution is 2.12. The zero-order valence-corrected chi connectivity index (χ0v) is 12.9. The van der Waals surface area contributed by atoms with Crippen LogP contribution < -0.4 is 10.6 Å². The first-order valence-electron chi connectivity index (χ1n) is 6.96. The number of amides is 1. The van der Waals surface area contributed by atoms with Crippen LogP contribution in [-0.2, 0) is 16.1 Å². The van der Waals surface area contributed by atoms with Crippen molar-refractivity contribution in [2.45, 2.75) is 25.6 Å². The normalized spacial score (nSPS) is 13.3. The number of carbonyl (C=O) groups excluding carboxylic acids is 1. The van der Waals surface area contributed by atoms with Gasteiger partial charge in [0, 0.05) is 13.5 Å². The number of nitrogens with zero attached hydrogens (tertiary/aromatic N) is 3. The van der Waals surface area contributed by atoms with Crippen molar-refractivity contribution in [2.75, 3.05) is 19.8 Å². The van der Waals surface area contributed by atoms with Crippen molar-refractivity contribution < 1.29 is 29.8 Å². The lowest BCUT2D eigenvalue weighted by molar-refractivity contribution is -0.392. The Morgan fingerprint density at radius 1 is 1.38 bits per heavy atom. The van der Waals surface area contributed by atoms with Crippen LogP contribution in [0.4, 0.5) is 5.82 Å². The number of carboxylic acid groups (broad SMARTS) is 1. The fourth-order valence-electron chi connectivity index (χ4n) is 1.93. The van der Waals surface area contributed by atoms with Gasteiger partial charge in [-0.05, 0) is 4.92 Å². The number of carboxylic acids is 1. The van der Waals surface area contributed by atoms with Crippen LogP contribution in [-0.4, -0.2) is 73.5 Å². The van der Waals surface area contributed by atoms with Gasteiger partial charge in [-0.15, -0.1) is 0 Å². The number of aromatic nitrogens is 2. The van der Waals surface area contributed by atoms with Crippen molar-refractivity contribution >= 4 is 17.7 Å². The Bertz CT molecular complexity index is 603. The second-order valence-corrected chi connectivity index (χ2v) is 4.84. The van der Waals surface area contributed by atoms with Gasteiger partial charge in [0.2, 0.25) is 5.91 Å². The average Bonchev–Trinajstić information content (AvgIpc) is 2.89. The highest BCUT2D eigenvalue weighted by Gasteiger charge is 2.24. The van der Waals surface area contributed by atoms with Crippen LogP contribution in [0.1, 0.15) is 5.82 Å². The molecule has 0 spiro atoms. The Morgan fingerprint density at radius 3 is 2.50 bits per heavy atom. The maximum atomic E-state index is 11.8. The van der Waals surface area contributed by atoms with Crippen LogP contribution in [0.5, 0.6) is 0 Å². The van der Waals surface area contributed by atoms with Crippen LogP contribution in [0.15, 0.2) is 6.20 Å². The Balaban J connectivity index is 2.61. The minimum Gasteiger partial charge on any atom is -0.480 e. The van der Waals surface area contributed by atoms with Gasteiger partial charge in [-0.3, -0.25) is 4.79 Å². The van der Waals surface area contributed by atoms with Gasteiger partial charge in [0.1, 0.15) is 24.8 Å². The minimum absolute atomic E-state index is 0.0908. The van der Waals surface area contributed by atoms with Crippen LogP contribution in [0.2, 0.25) is 0 Å². The molecule has 0 aromatic carbocycles. The molecule has 0 fully saturated rings. The van der Waals surface area contributed by atoms with Crippen molar-refractivity contribution in [3.8, 4) is 0 Å². The third kappa shape index (κ3) is 4.97. The van der Waals surface area contributed by atoms with Gasteiger partial charge in [-0.1, -0.05) is 0 Å². The summed E-state index contributed by atoms with van der Waals surface area (Å²) in [4.78, 5) is 36.7. The molecule has 0 unspecified atom stereocenters. The molecule has 2 atom stereocenters. The number of aryl methyl sites for hydroxylation is 1. The highest BCUT2D eigenvalue weighted by molar-refractivity contribution is 5.87. The number of imidazole rings is 1. The van der Waals surface area contributed by atoms with Gasteiger partial charge in [-0.2, -0.15) is 0 Å². The molecular weight excluding hydrogens is 326 g/mol. The van der Waals surface area contributed by atoms with Gasteiger partial charge >= 0.3 is 11.8 Å². The molecule has 0 aliphatic carbocycles. The molecule has 0 saturated carbocycles. The summed E-state index contributed by atoms with van der Waals surface area (Å²) in [5.41, 5.74) is 0. The van der Waals surface area contributed by atoms with E-state index in [0.717, 1.165) is 6.20 Å². The monoisotopic (exact) mass is 345 g/mol. The van der Waals surface area contributed by atoms with Gasteiger partial charge in [0.15, 0.2) is 5.82 Å². The molecule has 0 radical (unpaired) electrons. The van der Waals surface area contributed by atoms with Crippen molar-refractivity contribution in [1.29, 1.82) is 0 Å². The van der Waals surface area contributed by atoms with E-state index in [2.05, 4.69) is 15.6 Å². The summed E-state index contributed by atoms with van der Waals surface area (Å²) in [6, 6.07) is -2.60. The van der Waals surface area contributed by atoms with Crippen LogP contribution in [0, 0.1) is 17.0 Å². The third-order valence-electron chi connectivity index (χ3n) is 3.24. The maximum Gasteiger partial charge on any atom is 0.342 e. The van der Waals surface area contributed by atoms with Crippen molar-refractivity contribution in [1.82, 2.24) is 20.2 Å². The molecule has 1 aromatic heterocycles. The van der Waals surface area contributed by atoms with E-state index >= 15 is 0 Å². The molecule has 0 saturated heterocycles. The van der Waals surface area contributed by atoms with Gasteiger partial charge < -0.3 is 36.1 Å². The number of aliphatic hydroxyl groups excluding tert-OH is 2. The summed E-state index contributed by atoms with van der Waals surface area (Å²) in [5.74, 6) is -2.01. The van der Waals surface area contributed by atoms with Gasteiger partial charge in [0.25, 0.3) is 0 Å². The SMILES string of the molecule is Cc1ncc([N+](=O)[O-])n1CCN[C@@H](CO)C(=O)N[C@@H](CO)C(=O)O. The summed E-state index contributed by atoms with van der Waals surface area (Å²) in [5, 5.41) is 42.4. The van der Waals surface area contributed by atoms with Crippen LogP contribution in [0.25, 0.3) is 0 Å². The molecule has 24 heavy (non-hydrogen) atoms. The van der Waals surface area contributed by atoms with Crippen molar-refractivity contribution in [3.05, 3.63) is 22.1 Å². The first-order valence-corrected chi connectivity index (χ1v) is 6.96. The van der Waals surface area contributed by atoms with Crippen molar-refractivity contribution in [3.63, 3.8) is 0 Å². The number of hydrogen-bond acceptors (Lipinski definition) is 8. The molecule has 12 nitrogen and oxygen atoms in total. The molecule has 134 valence electrons. The largest absolute Gasteiger partial charge is 0.480 e. The smallest absolute Gasteiger partial charge is 0.342 e. The summed E-state index contributed by atoms with van der Waals surface area (Å²) >= 11 is 0. The lowest BCUT2D eigenvalue weighted by Gasteiger charge is -2.18. The molecule has 1 rings (SSSR count). The second-order valence-electron chi connectivity index (χ2n) is 4.84. The number of nitro groups is 1. The van der Waals surface area contributed by atoms with Crippen LogP contribution >= 0.6 is 0 Å². The number of nitrogens with one attached hydrogen (secondary N) is 2. The van der Waals surface area contributed by atoms with E-state index in [0.29, 0.717) is 5.82 Å². The number of hydrogen-bond donors (Lipinski definition) is 5. The lowest BCUT2D eigenvalue weighted by Crippen LogP contribution is -2.53. The number of carbonyl (C=O) groups is 2. The quantitative estimate of drug-likeness (QED) is 0.228. The zero-order valence-electron chi connectivity index (χ0n) is 12.9. The standard InChI is InChI=1S/C12H19N5O7/c1-7-14-4-10(17(23)24)16(7)3-2-13-8(5-18)11(20)15-9(6-19)12(21)22/h4,8-9,13,18-19H,2-3,5-6H2,1H3,(H,15,20)(H,21,22)/t8-,9-/m0/s1. The summed E-state index contributed by atoms with van der Waals surface area (Å²) in [7, 11) is 0. The molecule has 1 aromatic rings. The third-order valence-corrected chi connectivity index (χ3v) is 3.24. The van der Waals surface area contributed by atoms with Gasteiger partial charge in [-0.25, -0.2) is 14.3 Å². The molecule has 1 heterocycles. The van der Waals surface area contributed by atoms with E-state index in [9.17, 15) is 24.8 Å². The Morgan fingerprint density at radius 2 is 2.00 bits per heavy atom. The fourth-order valence-corrected chi connectivity index (χ4v) is 1.93. The Hall–Kier alpha value is -2.57. The molecule has 1 amide bonds. The van der Waals surface area contributed by atoms with Crippen molar-refractivity contribution in [2.24, 2.45) is 0 Å². The molecule has 0 bridgehead atoms. The summed E-state index contributed by atoms with van der Waals surface area (Å²) in [6.07, 6.45) is 1.12. The maximum absolute atomic E-state index is 11.8. The number of aliphatic hydroxyl groups is 2. The molecule has 0 aliphatic rings.